The van der Waals surface area contributed by atoms with E-state index in [-0.39, 0.29) is 0 Å². The molecule has 110 valence electrons. The SMILES string of the molecule is COc1ccc(C=O)cc1CN(Cc1cccs1)C1CC1. The van der Waals surface area contributed by atoms with Crippen LogP contribution in [0.3, 0.4) is 0 Å². The van der Waals surface area contributed by atoms with E-state index in [2.05, 4.69) is 22.4 Å². The summed E-state index contributed by atoms with van der Waals surface area (Å²) in [6.07, 6.45) is 3.42. The minimum atomic E-state index is 0.664. The van der Waals surface area contributed by atoms with E-state index in [0.29, 0.717) is 11.6 Å². The molecule has 0 amide bonds. The standard InChI is InChI=1S/C17H19NO2S/c1-20-17-7-4-13(12-19)9-14(17)10-18(15-5-6-15)11-16-3-2-8-21-16/h2-4,7-9,12,15H,5-6,10-11H2,1H3. The van der Waals surface area contributed by atoms with Gasteiger partial charge in [0.2, 0.25) is 0 Å². The molecule has 0 atom stereocenters. The molecule has 0 spiro atoms. The van der Waals surface area contributed by atoms with Crippen LogP contribution in [-0.2, 0) is 13.1 Å². The molecule has 4 heteroatoms. The van der Waals surface area contributed by atoms with Crippen molar-refractivity contribution in [1.29, 1.82) is 0 Å². The number of benzene rings is 1. The van der Waals surface area contributed by atoms with Crippen molar-refractivity contribution in [1.82, 2.24) is 4.90 Å². The Hall–Kier alpha value is -1.65. The summed E-state index contributed by atoms with van der Waals surface area (Å²) in [5, 5.41) is 2.12. The Labute approximate surface area is 129 Å². The smallest absolute Gasteiger partial charge is 0.150 e. The molecule has 1 heterocycles. The number of methoxy groups -OCH3 is 1. The van der Waals surface area contributed by atoms with Gasteiger partial charge >= 0.3 is 0 Å². The fraction of sp³-hybridized carbons (Fsp3) is 0.353. The van der Waals surface area contributed by atoms with Crippen molar-refractivity contribution in [2.75, 3.05) is 7.11 Å². The third kappa shape index (κ3) is 3.52. The minimum Gasteiger partial charge on any atom is -0.496 e. The third-order valence-corrected chi connectivity index (χ3v) is 4.68. The summed E-state index contributed by atoms with van der Waals surface area (Å²) in [5.41, 5.74) is 1.79. The highest BCUT2D eigenvalue weighted by atomic mass is 32.1. The van der Waals surface area contributed by atoms with E-state index < -0.39 is 0 Å². The second-order valence-electron chi connectivity index (χ2n) is 5.40. The summed E-state index contributed by atoms with van der Waals surface area (Å²) in [4.78, 5) is 14.9. The monoisotopic (exact) mass is 301 g/mol. The molecule has 0 aliphatic heterocycles. The van der Waals surface area contributed by atoms with Crippen LogP contribution in [0.1, 0.15) is 33.6 Å². The van der Waals surface area contributed by atoms with E-state index in [9.17, 15) is 4.79 Å². The van der Waals surface area contributed by atoms with Gasteiger partial charge in [0.15, 0.2) is 0 Å². The van der Waals surface area contributed by atoms with Gasteiger partial charge < -0.3 is 4.74 Å². The summed E-state index contributed by atoms with van der Waals surface area (Å²) >= 11 is 1.80. The Bertz CT molecular complexity index is 605. The Morgan fingerprint density at radius 3 is 2.81 bits per heavy atom. The fourth-order valence-corrected chi connectivity index (χ4v) is 3.30. The average molecular weight is 301 g/mol. The summed E-state index contributed by atoms with van der Waals surface area (Å²) in [5.74, 6) is 0.859. The van der Waals surface area contributed by atoms with Crippen molar-refractivity contribution in [2.45, 2.75) is 32.0 Å². The molecule has 1 aliphatic rings. The number of ether oxygens (including phenoxy) is 1. The van der Waals surface area contributed by atoms with E-state index in [4.69, 9.17) is 4.74 Å². The lowest BCUT2D eigenvalue weighted by Gasteiger charge is -2.22. The van der Waals surface area contributed by atoms with E-state index >= 15 is 0 Å². The van der Waals surface area contributed by atoms with Crippen LogP contribution in [-0.4, -0.2) is 24.3 Å². The van der Waals surface area contributed by atoms with Gasteiger partial charge in [0, 0.05) is 35.1 Å². The van der Waals surface area contributed by atoms with Gasteiger partial charge in [-0.1, -0.05) is 6.07 Å². The number of carbonyl (C=O) groups excluding carboxylic acids is 1. The second kappa shape index (κ2) is 6.41. The normalized spacial score (nSPS) is 14.4. The molecule has 21 heavy (non-hydrogen) atoms. The third-order valence-electron chi connectivity index (χ3n) is 3.82. The van der Waals surface area contributed by atoms with Gasteiger partial charge in [0.25, 0.3) is 0 Å². The molecule has 2 aromatic rings. The molecule has 0 bridgehead atoms. The van der Waals surface area contributed by atoms with Gasteiger partial charge in [-0.25, -0.2) is 0 Å². The van der Waals surface area contributed by atoms with Gasteiger partial charge in [-0.05, 0) is 42.5 Å². The fourth-order valence-electron chi connectivity index (χ4n) is 2.57. The molecule has 1 aromatic heterocycles. The number of aldehydes is 1. The number of nitrogens with zero attached hydrogens (tertiary/aromatic N) is 1. The molecule has 1 aromatic carbocycles. The van der Waals surface area contributed by atoms with E-state index in [1.807, 2.05) is 12.1 Å². The quantitative estimate of drug-likeness (QED) is 0.730. The van der Waals surface area contributed by atoms with Gasteiger partial charge in [-0.2, -0.15) is 0 Å². The van der Waals surface area contributed by atoms with Crippen LogP contribution in [0.25, 0.3) is 0 Å². The van der Waals surface area contributed by atoms with Crippen LogP contribution >= 0.6 is 11.3 Å². The second-order valence-corrected chi connectivity index (χ2v) is 6.44. The van der Waals surface area contributed by atoms with Crippen LogP contribution in [0.5, 0.6) is 5.75 Å². The predicted octanol–water partition coefficient (Wildman–Crippen LogP) is 3.73. The highest BCUT2D eigenvalue weighted by molar-refractivity contribution is 7.09. The Morgan fingerprint density at radius 2 is 2.19 bits per heavy atom. The van der Waals surface area contributed by atoms with Crippen LogP contribution in [0.15, 0.2) is 35.7 Å². The van der Waals surface area contributed by atoms with Gasteiger partial charge in [-0.3, -0.25) is 9.69 Å². The number of thiophene rings is 1. The minimum absolute atomic E-state index is 0.664. The van der Waals surface area contributed by atoms with Crippen molar-refractivity contribution in [2.24, 2.45) is 0 Å². The van der Waals surface area contributed by atoms with Crippen molar-refractivity contribution in [3.05, 3.63) is 51.7 Å². The molecule has 1 aliphatic carbocycles. The van der Waals surface area contributed by atoms with E-state index in [1.165, 1.54) is 17.7 Å². The van der Waals surface area contributed by atoms with Gasteiger partial charge in [0.1, 0.15) is 12.0 Å². The summed E-state index contributed by atoms with van der Waals surface area (Å²) < 4.78 is 5.44. The van der Waals surface area contributed by atoms with Crippen LogP contribution < -0.4 is 4.74 Å². The number of hydrogen-bond donors (Lipinski definition) is 0. The molecule has 0 N–H and O–H groups in total. The number of hydrogen-bond acceptors (Lipinski definition) is 4. The van der Waals surface area contributed by atoms with Crippen molar-refractivity contribution >= 4 is 17.6 Å². The average Bonchev–Trinajstić information content (AvgIpc) is 3.24. The molecular weight excluding hydrogens is 282 g/mol. The maximum Gasteiger partial charge on any atom is 0.150 e. The summed E-state index contributed by atoms with van der Waals surface area (Å²) in [7, 11) is 1.68. The first-order chi connectivity index (χ1) is 10.3. The molecule has 0 unspecified atom stereocenters. The lowest BCUT2D eigenvalue weighted by atomic mass is 10.1. The Balaban J connectivity index is 1.80. The van der Waals surface area contributed by atoms with Crippen molar-refractivity contribution < 1.29 is 9.53 Å². The van der Waals surface area contributed by atoms with E-state index in [1.54, 1.807) is 24.5 Å². The van der Waals surface area contributed by atoms with Crippen molar-refractivity contribution in [3.63, 3.8) is 0 Å². The predicted molar refractivity (Wildman–Crippen MR) is 85.0 cm³/mol. The number of carbonyl (C=O) groups is 1. The van der Waals surface area contributed by atoms with Crippen molar-refractivity contribution in [3.8, 4) is 5.75 Å². The molecular formula is C17H19NO2S. The van der Waals surface area contributed by atoms with Gasteiger partial charge in [-0.15, -0.1) is 11.3 Å². The lowest BCUT2D eigenvalue weighted by molar-refractivity contribution is 0.112. The summed E-state index contributed by atoms with van der Waals surface area (Å²) in [6.45, 7) is 1.80. The summed E-state index contributed by atoms with van der Waals surface area (Å²) in [6, 6.07) is 10.6. The first-order valence-corrected chi connectivity index (χ1v) is 8.06. The highest BCUT2D eigenvalue weighted by Gasteiger charge is 2.29. The molecule has 3 nitrogen and oxygen atoms in total. The molecule has 1 fully saturated rings. The lowest BCUT2D eigenvalue weighted by Crippen LogP contribution is -2.25. The van der Waals surface area contributed by atoms with Crippen LogP contribution in [0.2, 0.25) is 0 Å². The van der Waals surface area contributed by atoms with Crippen LogP contribution in [0, 0.1) is 0 Å². The largest absolute Gasteiger partial charge is 0.496 e. The van der Waals surface area contributed by atoms with Crippen LogP contribution in [0.4, 0.5) is 0 Å². The first kappa shape index (κ1) is 14.3. The molecule has 0 radical (unpaired) electrons. The topological polar surface area (TPSA) is 29.5 Å². The zero-order chi connectivity index (χ0) is 14.7. The zero-order valence-electron chi connectivity index (χ0n) is 12.1. The zero-order valence-corrected chi connectivity index (χ0v) is 12.9. The number of rotatable bonds is 7. The maximum atomic E-state index is 11.0. The van der Waals surface area contributed by atoms with E-state index in [0.717, 1.165) is 30.7 Å². The van der Waals surface area contributed by atoms with Gasteiger partial charge in [0.05, 0.1) is 7.11 Å². The highest BCUT2D eigenvalue weighted by Crippen LogP contribution is 2.32. The Morgan fingerprint density at radius 1 is 1.33 bits per heavy atom. The first-order valence-electron chi connectivity index (χ1n) is 7.18. The molecule has 0 saturated heterocycles. The molecule has 3 rings (SSSR count). The molecule has 1 saturated carbocycles. The maximum absolute atomic E-state index is 11.0. The Kier molecular flexibility index (Phi) is 4.36.